The van der Waals surface area contributed by atoms with Crippen LogP contribution in [0, 0.1) is 0 Å². The quantitative estimate of drug-likeness (QED) is 0.643. The zero-order valence-corrected chi connectivity index (χ0v) is 17.4. The van der Waals surface area contributed by atoms with Crippen molar-refractivity contribution < 1.29 is 13.2 Å². The molecule has 1 aliphatic rings. The van der Waals surface area contributed by atoms with Gasteiger partial charge in [0, 0.05) is 24.6 Å². The lowest BCUT2D eigenvalue weighted by molar-refractivity contribution is -0.116. The zero-order valence-electron chi connectivity index (χ0n) is 16.6. The number of rotatable bonds is 6. The monoisotopic (exact) mass is 420 g/mol. The first-order valence-electron chi connectivity index (χ1n) is 10.0. The van der Waals surface area contributed by atoms with Crippen LogP contribution in [0.1, 0.15) is 29.9 Å². The molecule has 1 saturated heterocycles. The third-order valence-electron chi connectivity index (χ3n) is 5.31. The van der Waals surface area contributed by atoms with Crippen LogP contribution in [-0.2, 0) is 14.8 Å². The van der Waals surface area contributed by atoms with E-state index in [1.54, 1.807) is 24.3 Å². The Morgan fingerprint density at radius 2 is 1.53 bits per heavy atom. The van der Waals surface area contributed by atoms with Crippen LogP contribution in [0.15, 0.2) is 84.9 Å². The van der Waals surface area contributed by atoms with E-state index >= 15 is 0 Å². The highest BCUT2D eigenvalue weighted by Crippen LogP contribution is 2.29. The van der Waals surface area contributed by atoms with Crippen LogP contribution in [-0.4, -0.2) is 26.6 Å². The number of anilines is 2. The summed E-state index contributed by atoms with van der Waals surface area (Å²) in [6.45, 7) is 0.476. The topological polar surface area (TPSA) is 66.5 Å². The Bertz CT molecular complexity index is 1080. The van der Waals surface area contributed by atoms with E-state index in [1.807, 2.05) is 60.7 Å². The minimum atomic E-state index is -3.26. The van der Waals surface area contributed by atoms with E-state index in [-0.39, 0.29) is 17.6 Å². The lowest BCUT2D eigenvalue weighted by Crippen LogP contribution is -2.25. The molecule has 1 amide bonds. The van der Waals surface area contributed by atoms with Crippen molar-refractivity contribution in [1.82, 2.24) is 0 Å². The molecule has 154 valence electrons. The molecule has 3 aromatic carbocycles. The molecule has 0 unspecified atom stereocenters. The lowest BCUT2D eigenvalue weighted by atomic mass is 9.88. The highest BCUT2D eigenvalue weighted by atomic mass is 32.2. The Morgan fingerprint density at radius 1 is 0.900 bits per heavy atom. The van der Waals surface area contributed by atoms with Crippen LogP contribution < -0.4 is 9.62 Å². The summed E-state index contributed by atoms with van der Waals surface area (Å²) >= 11 is 0. The second kappa shape index (κ2) is 8.71. The highest BCUT2D eigenvalue weighted by molar-refractivity contribution is 7.93. The van der Waals surface area contributed by atoms with E-state index in [0.717, 1.165) is 11.1 Å². The lowest BCUT2D eigenvalue weighted by Gasteiger charge is -2.19. The van der Waals surface area contributed by atoms with Crippen LogP contribution in [0.3, 0.4) is 0 Å². The minimum Gasteiger partial charge on any atom is -0.326 e. The van der Waals surface area contributed by atoms with Crippen LogP contribution in [0.2, 0.25) is 0 Å². The summed E-state index contributed by atoms with van der Waals surface area (Å²) in [5.74, 6) is -0.0111. The molecule has 6 heteroatoms. The Hall–Kier alpha value is -3.12. The number of sulfonamides is 1. The summed E-state index contributed by atoms with van der Waals surface area (Å²) in [4.78, 5) is 12.9. The SMILES string of the molecule is O=C(CC(c1ccccc1)c1ccccc1)Nc1cccc(N2CCCS2(=O)=O)c1. The number of hydrogen-bond acceptors (Lipinski definition) is 3. The van der Waals surface area contributed by atoms with E-state index in [9.17, 15) is 13.2 Å². The molecule has 5 nitrogen and oxygen atoms in total. The maximum atomic E-state index is 12.9. The Labute approximate surface area is 177 Å². The Kier molecular flexibility index (Phi) is 5.86. The smallest absolute Gasteiger partial charge is 0.235 e. The molecule has 1 N–H and O–H groups in total. The Morgan fingerprint density at radius 3 is 2.10 bits per heavy atom. The molecule has 4 rings (SSSR count). The van der Waals surface area contributed by atoms with Gasteiger partial charge in [0.25, 0.3) is 0 Å². The predicted octanol–water partition coefficient (Wildman–Crippen LogP) is 4.39. The number of nitrogens with one attached hydrogen (secondary N) is 1. The fourth-order valence-electron chi connectivity index (χ4n) is 3.86. The first-order chi connectivity index (χ1) is 14.5. The van der Waals surface area contributed by atoms with Crippen molar-refractivity contribution in [1.29, 1.82) is 0 Å². The van der Waals surface area contributed by atoms with Gasteiger partial charge in [-0.3, -0.25) is 9.10 Å². The van der Waals surface area contributed by atoms with Crippen molar-refractivity contribution in [2.24, 2.45) is 0 Å². The van der Waals surface area contributed by atoms with E-state index < -0.39 is 10.0 Å². The summed E-state index contributed by atoms with van der Waals surface area (Å²) in [5.41, 5.74) is 3.35. The van der Waals surface area contributed by atoms with E-state index in [1.165, 1.54) is 4.31 Å². The second-order valence-electron chi connectivity index (χ2n) is 7.42. The van der Waals surface area contributed by atoms with Crippen LogP contribution in [0.5, 0.6) is 0 Å². The molecule has 0 spiro atoms. The zero-order chi connectivity index (χ0) is 21.0. The van der Waals surface area contributed by atoms with Crippen LogP contribution in [0.4, 0.5) is 11.4 Å². The molecule has 0 saturated carbocycles. The number of hydrogen-bond donors (Lipinski definition) is 1. The van der Waals surface area contributed by atoms with E-state index in [4.69, 9.17) is 0 Å². The number of benzene rings is 3. The maximum absolute atomic E-state index is 12.9. The Balaban J connectivity index is 1.53. The summed E-state index contributed by atoms with van der Waals surface area (Å²) < 4.78 is 25.8. The molecule has 0 aliphatic carbocycles. The van der Waals surface area contributed by atoms with Gasteiger partial charge in [0.15, 0.2) is 0 Å². The number of amides is 1. The van der Waals surface area contributed by atoms with Gasteiger partial charge in [-0.15, -0.1) is 0 Å². The van der Waals surface area contributed by atoms with Gasteiger partial charge < -0.3 is 5.32 Å². The average Bonchev–Trinajstić information content (AvgIpc) is 3.12. The summed E-state index contributed by atoms with van der Waals surface area (Å²) in [5, 5.41) is 2.94. The molecule has 0 atom stereocenters. The first kappa shape index (κ1) is 20.2. The van der Waals surface area contributed by atoms with Crippen molar-refractivity contribution in [3.63, 3.8) is 0 Å². The molecule has 30 heavy (non-hydrogen) atoms. The number of carbonyl (C=O) groups excluding carboxylic acids is 1. The standard InChI is InChI=1S/C24H24N2O3S/c27-24(18-23(19-9-3-1-4-10-19)20-11-5-2-6-12-20)25-21-13-7-14-22(17-21)26-15-8-16-30(26,28)29/h1-7,9-14,17,23H,8,15-16,18H2,(H,25,27). The van der Waals surface area contributed by atoms with Gasteiger partial charge in [-0.25, -0.2) is 8.42 Å². The fraction of sp³-hybridized carbons (Fsp3) is 0.208. The fourth-order valence-corrected chi connectivity index (χ4v) is 5.42. The molecule has 3 aromatic rings. The molecule has 0 bridgehead atoms. The van der Waals surface area contributed by atoms with E-state index in [0.29, 0.717) is 30.8 Å². The number of carbonyl (C=O) groups is 1. The summed E-state index contributed by atoms with van der Waals surface area (Å²) in [6.07, 6.45) is 0.912. The molecular formula is C24H24N2O3S. The van der Waals surface area contributed by atoms with Gasteiger partial charge in [-0.2, -0.15) is 0 Å². The van der Waals surface area contributed by atoms with Gasteiger partial charge in [0.1, 0.15) is 0 Å². The van der Waals surface area contributed by atoms with Crippen molar-refractivity contribution >= 4 is 27.3 Å². The predicted molar refractivity (Wildman–Crippen MR) is 120 cm³/mol. The molecule has 1 aliphatic heterocycles. The highest BCUT2D eigenvalue weighted by Gasteiger charge is 2.28. The third-order valence-corrected chi connectivity index (χ3v) is 7.18. The molecule has 1 fully saturated rings. The normalized spacial score (nSPS) is 15.3. The van der Waals surface area contributed by atoms with Gasteiger partial charge in [-0.05, 0) is 35.7 Å². The van der Waals surface area contributed by atoms with Gasteiger partial charge in [0.05, 0.1) is 11.4 Å². The third kappa shape index (κ3) is 4.54. The summed E-state index contributed by atoms with van der Waals surface area (Å²) in [6, 6.07) is 27.0. The van der Waals surface area contributed by atoms with Gasteiger partial charge in [0.2, 0.25) is 15.9 Å². The molecule has 1 heterocycles. The summed E-state index contributed by atoms with van der Waals surface area (Å²) in [7, 11) is -3.26. The largest absolute Gasteiger partial charge is 0.326 e. The number of nitrogens with zero attached hydrogens (tertiary/aromatic N) is 1. The average molecular weight is 421 g/mol. The second-order valence-corrected chi connectivity index (χ2v) is 9.43. The van der Waals surface area contributed by atoms with Crippen LogP contribution >= 0.6 is 0 Å². The molecular weight excluding hydrogens is 396 g/mol. The van der Waals surface area contributed by atoms with E-state index in [2.05, 4.69) is 5.32 Å². The minimum absolute atomic E-state index is 0.0606. The first-order valence-corrected chi connectivity index (χ1v) is 11.6. The van der Waals surface area contributed by atoms with Crippen molar-refractivity contribution in [2.75, 3.05) is 21.9 Å². The van der Waals surface area contributed by atoms with Crippen molar-refractivity contribution in [2.45, 2.75) is 18.8 Å². The van der Waals surface area contributed by atoms with Gasteiger partial charge in [-0.1, -0.05) is 66.7 Å². The van der Waals surface area contributed by atoms with Crippen molar-refractivity contribution in [3.8, 4) is 0 Å². The molecule has 0 aromatic heterocycles. The van der Waals surface area contributed by atoms with Crippen LogP contribution in [0.25, 0.3) is 0 Å². The maximum Gasteiger partial charge on any atom is 0.235 e. The van der Waals surface area contributed by atoms with Crippen molar-refractivity contribution in [3.05, 3.63) is 96.1 Å². The molecule has 0 radical (unpaired) electrons. The van der Waals surface area contributed by atoms with Gasteiger partial charge >= 0.3 is 0 Å².